The first-order valence-corrected chi connectivity index (χ1v) is 7.12. The van der Waals surface area contributed by atoms with Crippen LogP contribution in [0.5, 0.6) is 0 Å². The molecule has 2 N–H and O–H groups in total. The van der Waals surface area contributed by atoms with Crippen LogP contribution in [-0.2, 0) is 4.79 Å². The molecule has 2 fully saturated rings. The van der Waals surface area contributed by atoms with Crippen LogP contribution < -0.4 is 10.9 Å². The van der Waals surface area contributed by atoms with Gasteiger partial charge in [0, 0.05) is 25.0 Å². The third kappa shape index (κ3) is 2.55. The molecule has 1 aromatic heterocycles. The summed E-state index contributed by atoms with van der Waals surface area (Å²) >= 11 is 0. The summed E-state index contributed by atoms with van der Waals surface area (Å²) in [6.07, 6.45) is 8.46. The maximum absolute atomic E-state index is 12.2. The van der Waals surface area contributed by atoms with E-state index in [9.17, 15) is 9.59 Å². The predicted octanol–water partition coefficient (Wildman–Crippen LogP) is 1.64. The average Bonchev–Trinajstić information content (AvgIpc) is 3.17. The second kappa shape index (κ2) is 4.92. The van der Waals surface area contributed by atoms with Crippen LogP contribution in [0.25, 0.3) is 0 Å². The van der Waals surface area contributed by atoms with Gasteiger partial charge in [0.2, 0.25) is 0 Å². The summed E-state index contributed by atoms with van der Waals surface area (Å²) in [5.74, 6) is -0.432. The molecule has 108 valence electrons. The average molecular weight is 277 g/mol. The zero-order chi connectivity index (χ0) is 14.2. The highest BCUT2D eigenvalue weighted by Crippen LogP contribution is 2.43. The molecule has 0 amide bonds. The summed E-state index contributed by atoms with van der Waals surface area (Å²) in [6, 6.07) is 0.322. The fraction of sp³-hybridized carbons (Fsp3) is 0.643. The maximum atomic E-state index is 12.2. The Balaban J connectivity index is 1.70. The van der Waals surface area contributed by atoms with Crippen LogP contribution in [0.4, 0.5) is 5.82 Å². The Morgan fingerprint density at radius 1 is 1.50 bits per heavy atom. The first-order valence-electron chi connectivity index (χ1n) is 7.12. The van der Waals surface area contributed by atoms with Crippen molar-refractivity contribution in [3.63, 3.8) is 0 Å². The second-order valence-electron chi connectivity index (χ2n) is 6.00. The lowest BCUT2D eigenvalue weighted by Crippen LogP contribution is -2.39. The molecular formula is C14H19N3O3. The van der Waals surface area contributed by atoms with Gasteiger partial charge < -0.3 is 15.0 Å². The lowest BCUT2D eigenvalue weighted by Gasteiger charge is -2.40. The van der Waals surface area contributed by atoms with E-state index in [4.69, 9.17) is 5.11 Å². The van der Waals surface area contributed by atoms with Gasteiger partial charge in [-0.2, -0.15) is 0 Å². The molecule has 0 saturated heterocycles. The smallest absolute Gasteiger partial charge is 0.303 e. The van der Waals surface area contributed by atoms with Crippen LogP contribution in [-0.4, -0.2) is 27.2 Å². The second-order valence-corrected chi connectivity index (χ2v) is 6.00. The monoisotopic (exact) mass is 277 g/mol. The van der Waals surface area contributed by atoms with E-state index in [2.05, 4.69) is 10.3 Å². The SMILES string of the molecule is O=C(O)CC1(CNc2nccn(C3CC3)c2=O)CCC1. The minimum Gasteiger partial charge on any atom is -0.481 e. The van der Waals surface area contributed by atoms with E-state index in [0.717, 1.165) is 32.1 Å². The molecule has 3 rings (SSSR count). The Hall–Kier alpha value is -1.85. The lowest BCUT2D eigenvalue weighted by molar-refractivity contribution is -0.141. The molecule has 2 saturated carbocycles. The molecule has 0 bridgehead atoms. The van der Waals surface area contributed by atoms with Gasteiger partial charge in [-0.15, -0.1) is 0 Å². The van der Waals surface area contributed by atoms with Crippen LogP contribution in [0.1, 0.15) is 44.6 Å². The highest BCUT2D eigenvalue weighted by atomic mass is 16.4. The van der Waals surface area contributed by atoms with Gasteiger partial charge in [0.05, 0.1) is 6.42 Å². The van der Waals surface area contributed by atoms with E-state index < -0.39 is 5.97 Å². The van der Waals surface area contributed by atoms with Gasteiger partial charge in [0.25, 0.3) is 5.56 Å². The fourth-order valence-electron chi connectivity index (χ4n) is 2.87. The van der Waals surface area contributed by atoms with Crippen molar-refractivity contribution in [1.82, 2.24) is 9.55 Å². The van der Waals surface area contributed by atoms with Crippen LogP contribution in [0, 0.1) is 5.41 Å². The first kappa shape index (κ1) is 13.1. The van der Waals surface area contributed by atoms with Crippen LogP contribution in [0.2, 0.25) is 0 Å². The van der Waals surface area contributed by atoms with Crippen molar-refractivity contribution in [2.45, 2.75) is 44.6 Å². The number of nitrogens with one attached hydrogen (secondary N) is 1. The predicted molar refractivity (Wildman–Crippen MR) is 73.8 cm³/mol. The van der Waals surface area contributed by atoms with Gasteiger partial charge in [-0.1, -0.05) is 6.42 Å². The largest absolute Gasteiger partial charge is 0.481 e. The molecule has 1 aromatic rings. The van der Waals surface area contributed by atoms with Crippen molar-refractivity contribution in [3.8, 4) is 0 Å². The Bertz CT molecular complexity index is 573. The summed E-state index contributed by atoms with van der Waals surface area (Å²) in [7, 11) is 0. The molecule has 6 nitrogen and oxygen atoms in total. The van der Waals surface area contributed by atoms with E-state index in [-0.39, 0.29) is 17.4 Å². The van der Waals surface area contributed by atoms with E-state index in [1.54, 1.807) is 17.0 Å². The van der Waals surface area contributed by atoms with Gasteiger partial charge in [-0.3, -0.25) is 9.59 Å². The van der Waals surface area contributed by atoms with E-state index in [1.165, 1.54) is 0 Å². The number of hydrogen-bond donors (Lipinski definition) is 2. The summed E-state index contributed by atoms with van der Waals surface area (Å²) in [5, 5.41) is 12.1. The standard InChI is InChI=1S/C14H19N3O3/c18-11(19)8-14(4-1-5-14)9-16-12-13(20)17(7-6-15-12)10-2-3-10/h6-7,10H,1-5,8-9H2,(H,15,16)(H,18,19). The summed E-state index contributed by atoms with van der Waals surface area (Å²) < 4.78 is 1.72. The Morgan fingerprint density at radius 2 is 2.25 bits per heavy atom. The van der Waals surface area contributed by atoms with Crippen molar-refractivity contribution in [3.05, 3.63) is 22.7 Å². The third-order valence-electron chi connectivity index (χ3n) is 4.38. The summed E-state index contributed by atoms with van der Waals surface area (Å²) in [4.78, 5) is 27.2. The molecule has 0 atom stereocenters. The summed E-state index contributed by atoms with van der Waals surface area (Å²) in [5.41, 5.74) is -0.306. The molecule has 0 radical (unpaired) electrons. The normalized spacial score (nSPS) is 20.2. The highest BCUT2D eigenvalue weighted by Gasteiger charge is 2.39. The van der Waals surface area contributed by atoms with Crippen LogP contribution in [0.3, 0.4) is 0 Å². The highest BCUT2D eigenvalue weighted by molar-refractivity contribution is 5.68. The quantitative estimate of drug-likeness (QED) is 0.825. The number of rotatable bonds is 6. The number of carbonyl (C=O) groups is 1. The maximum Gasteiger partial charge on any atom is 0.303 e. The van der Waals surface area contributed by atoms with Crippen molar-refractivity contribution in [1.29, 1.82) is 0 Å². The number of hydrogen-bond acceptors (Lipinski definition) is 4. The topological polar surface area (TPSA) is 84.2 Å². The molecule has 0 aromatic carbocycles. The molecule has 2 aliphatic carbocycles. The zero-order valence-electron chi connectivity index (χ0n) is 11.3. The number of aliphatic carboxylic acids is 1. The minimum atomic E-state index is -0.775. The minimum absolute atomic E-state index is 0.0974. The molecule has 20 heavy (non-hydrogen) atoms. The van der Waals surface area contributed by atoms with Gasteiger partial charge >= 0.3 is 5.97 Å². The van der Waals surface area contributed by atoms with Crippen molar-refractivity contribution < 1.29 is 9.90 Å². The Morgan fingerprint density at radius 3 is 2.80 bits per heavy atom. The number of aromatic nitrogens is 2. The third-order valence-corrected chi connectivity index (χ3v) is 4.38. The molecular weight excluding hydrogens is 258 g/mol. The van der Waals surface area contributed by atoms with Crippen molar-refractivity contribution >= 4 is 11.8 Å². The van der Waals surface area contributed by atoms with Crippen LogP contribution >= 0.6 is 0 Å². The molecule has 0 aliphatic heterocycles. The zero-order valence-corrected chi connectivity index (χ0v) is 11.3. The Kier molecular flexibility index (Phi) is 3.23. The van der Waals surface area contributed by atoms with Gasteiger partial charge in [0.1, 0.15) is 0 Å². The Labute approximate surface area is 116 Å². The molecule has 0 unspecified atom stereocenters. The van der Waals surface area contributed by atoms with E-state index in [1.807, 2.05) is 0 Å². The van der Waals surface area contributed by atoms with Crippen molar-refractivity contribution in [2.75, 3.05) is 11.9 Å². The number of nitrogens with zero attached hydrogens (tertiary/aromatic N) is 2. The first-order chi connectivity index (χ1) is 9.60. The van der Waals surface area contributed by atoms with Gasteiger partial charge in [-0.25, -0.2) is 4.98 Å². The number of carboxylic acid groups (broad SMARTS) is 1. The van der Waals surface area contributed by atoms with Gasteiger partial charge in [-0.05, 0) is 31.1 Å². The van der Waals surface area contributed by atoms with Crippen molar-refractivity contribution in [2.24, 2.45) is 5.41 Å². The summed E-state index contributed by atoms with van der Waals surface area (Å²) in [6.45, 7) is 0.510. The molecule has 0 spiro atoms. The van der Waals surface area contributed by atoms with Crippen LogP contribution in [0.15, 0.2) is 17.2 Å². The fourth-order valence-corrected chi connectivity index (χ4v) is 2.87. The van der Waals surface area contributed by atoms with Gasteiger partial charge in [0.15, 0.2) is 5.82 Å². The molecule has 1 heterocycles. The molecule has 2 aliphatic rings. The van der Waals surface area contributed by atoms with E-state index in [0.29, 0.717) is 18.4 Å². The number of anilines is 1. The molecule has 6 heteroatoms. The van der Waals surface area contributed by atoms with E-state index >= 15 is 0 Å². The number of carboxylic acids is 1. The lowest BCUT2D eigenvalue weighted by atomic mass is 9.66.